The average Bonchev–Trinajstić information content (AvgIpc) is 2.79. The molecule has 6 nitrogen and oxygen atoms in total. The second kappa shape index (κ2) is 12.6. The van der Waals surface area contributed by atoms with Gasteiger partial charge in [0.25, 0.3) is 0 Å². The largest absolute Gasteiger partial charge is 0.370 e. The molecule has 1 saturated heterocycles. The normalized spacial score (nSPS) is 16.6. The van der Waals surface area contributed by atoms with Crippen molar-refractivity contribution in [1.29, 1.82) is 0 Å². The zero-order chi connectivity index (χ0) is 24.2. The Kier molecular flexibility index (Phi) is 10.7. The summed E-state index contributed by atoms with van der Waals surface area (Å²) in [6, 6.07) is 13.1. The van der Waals surface area contributed by atoms with Gasteiger partial charge in [0, 0.05) is 51.3 Å². The first kappa shape index (κ1) is 28.9. The van der Waals surface area contributed by atoms with Crippen molar-refractivity contribution in [3.8, 4) is 0 Å². The number of likely N-dealkylation sites (N-methyl/N-ethyl adjacent to an activating group) is 1. The smallest absolute Gasteiger partial charge is 0.244 e. The number of sulfonamides is 1. The van der Waals surface area contributed by atoms with Gasteiger partial charge in [0.15, 0.2) is 0 Å². The molecule has 0 radical (unpaired) electrons. The highest BCUT2D eigenvalue weighted by molar-refractivity contribution is 7.89. The van der Waals surface area contributed by atoms with Crippen molar-refractivity contribution in [2.75, 3.05) is 45.7 Å². The van der Waals surface area contributed by atoms with Gasteiger partial charge in [0.1, 0.15) is 10.7 Å². The van der Waals surface area contributed by atoms with Crippen LogP contribution in [-0.4, -0.2) is 70.2 Å². The molecule has 0 amide bonds. The molecule has 1 atom stereocenters. The molecule has 0 saturated carbocycles. The van der Waals surface area contributed by atoms with E-state index in [1.54, 1.807) is 0 Å². The molecule has 10 heteroatoms. The summed E-state index contributed by atoms with van der Waals surface area (Å²) in [5, 5.41) is 0.162. The Morgan fingerprint density at radius 3 is 2.41 bits per heavy atom. The lowest BCUT2D eigenvalue weighted by molar-refractivity contribution is -0.118. The summed E-state index contributed by atoms with van der Waals surface area (Å²) < 4.78 is 26.7. The second-order valence-corrected chi connectivity index (χ2v) is 11.5. The summed E-state index contributed by atoms with van der Waals surface area (Å²) in [6.45, 7) is 2.12. The number of piperidine rings is 1. The fourth-order valence-corrected chi connectivity index (χ4v) is 5.91. The maximum absolute atomic E-state index is 12.8. The first-order chi connectivity index (χ1) is 15.6. The fourth-order valence-electron chi connectivity index (χ4n) is 4.00. The Labute approximate surface area is 219 Å². The van der Waals surface area contributed by atoms with E-state index in [1.807, 2.05) is 12.1 Å². The first-order valence-corrected chi connectivity index (χ1v) is 13.2. The van der Waals surface area contributed by atoms with Crippen LogP contribution in [0.15, 0.2) is 47.4 Å². The highest BCUT2D eigenvalue weighted by Gasteiger charge is 2.25. The van der Waals surface area contributed by atoms with E-state index in [9.17, 15) is 13.2 Å². The molecule has 0 N–H and O–H groups in total. The maximum Gasteiger partial charge on any atom is 0.244 e. The van der Waals surface area contributed by atoms with Crippen molar-refractivity contribution in [1.82, 2.24) is 9.21 Å². The van der Waals surface area contributed by atoms with E-state index in [0.717, 1.165) is 23.0 Å². The van der Waals surface area contributed by atoms with Crippen LogP contribution >= 0.6 is 35.6 Å². The van der Waals surface area contributed by atoms with Gasteiger partial charge in [0.05, 0.1) is 10.0 Å². The Balaban J connectivity index is 0.00000408. The number of Topliss-reactive ketones (excluding diaryl/α,β-unsaturated/α-hetero) is 1. The molecule has 0 aliphatic carbocycles. The summed E-state index contributed by atoms with van der Waals surface area (Å²) in [5.41, 5.74) is 2.09. The second-order valence-electron chi connectivity index (χ2n) is 8.72. The summed E-state index contributed by atoms with van der Waals surface area (Å²) in [6.07, 6.45) is 2.77. The number of benzene rings is 2. The van der Waals surface area contributed by atoms with Crippen LogP contribution in [0.1, 0.15) is 24.8 Å². The third kappa shape index (κ3) is 7.09. The van der Waals surface area contributed by atoms with Crippen molar-refractivity contribution >= 4 is 57.1 Å². The van der Waals surface area contributed by atoms with Crippen molar-refractivity contribution in [3.05, 3.63) is 58.1 Å². The Morgan fingerprint density at radius 2 is 1.76 bits per heavy atom. The van der Waals surface area contributed by atoms with E-state index in [2.05, 4.69) is 36.0 Å². The predicted molar refractivity (Wildman–Crippen MR) is 142 cm³/mol. The third-order valence-electron chi connectivity index (χ3n) is 6.14. The lowest BCUT2D eigenvalue weighted by Gasteiger charge is -2.37. The Bertz CT molecular complexity index is 1080. The monoisotopic (exact) mass is 547 g/mol. The van der Waals surface area contributed by atoms with Crippen LogP contribution < -0.4 is 4.90 Å². The van der Waals surface area contributed by atoms with Gasteiger partial charge in [-0.2, -0.15) is 0 Å². The minimum atomic E-state index is -3.83. The van der Waals surface area contributed by atoms with Gasteiger partial charge >= 0.3 is 0 Å². The molecule has 1 heterocycles. The van der Waals surface area contributed by atoms with E-state index < -0.39 is 10.0 Å². The van der Waals surface area contributed by atoms with Crippen molar-refractivity contribution < 1.29 is 13.2 Å². The number of carbonyl (C=O) groups is 1. The summed E-state index contributed by atoms with van der Waals surface area (Å²) in [7, 11) is 1.85. The van der Waals surface area contributed by atoms with Crippen LogP contribution in [0.2, 0.25) is 10.0 Å². The third-order valence-corrected chi connectivity index (χ3v) is 8.97. The molecule has 188 valence electrons. The molecule has 1 fully saturated rings. The zero-order valence-corrected chi connectivity index (χ0v) is 22.9. The Morgan fingerprint density at radius 1 is 1.09 bits per heavy atom. The van der Waals surface area contributed by atoms with Crippen LogP contribution in [0.25, 0.3) is 0 Å². The highest BCUT2D eigenvalue weighted by atomic mass is 35.5. The van der Waals surface area contributed by atoms with E-state index >= 15 is 0 Å². The van der Waals surface area contributed by atoms with Gasteiger partial charge in [-0.1, -0.05) is 41.4 Å². The van der Waals surface area contributed by atoms with E-state index in [-0.39, 0.29) is 52.5 Å². The maximum atomic E-state index is 12.8. The predicted octanol–water partition coefficient (Wildman–Crippen LogP) is 4.77. The molecule has 2 aromatic rings. The quantitative estimate of drug-likeness (QED) is 0.452. The molecular weight excluding hydrogens is 517 g/mol. The number of hydrogen-bond donors (Lipinski definition) is 0. The fraction of sp³-hybridized carbons (Fsp3) is 0.458. The van der Waals surface area contributed by atoms with E-state index in [0.29, 0.717) is 6.04 Å². The lowest BCUT2D eigenvalue weighted by Crippen LogP contribution is -2.45. The lowest BCUT2D eigenvalue weighted by atomic mass is 10.0. The Hall–Kier alpha value is -1.35. The van der Waals surface area contributed by atoms with Crippen molar-refractivity contribution in [2.24, 2.45) is 0 Å². The molecule has 3 rings (SSSR count). The highest BCUT2D eigenvalue weighted by Crippen LogP contribution is 2.30. The summed E-state index contributed by atoms with van der Waals surface area (Å²) in [5.74, 6) is -0.0207. The van der Waals surface area contributed by atoms with Crippen molar-refractivity contribution in [3.63, 3.8) is 0 Å². The molecular formula is C24H32Cl3N3O3S. The molecule has 1 unspecified atom stereocenters. The number of ketones is 1. The minimum absolute atomic E-state index is 0. The van der Waals surface area contributed by atoms with E-state index in [1.165, 1.54) is 43.8 Å². The van der Waals surface area contributed by atoms with Crippen molar-refractivity contribution in [2.45, 2.75) is 36.6 Å². The van der Waals surface area contributed by atoms with Crippen LogP contribution in [0.3, 0.4) is 0 Å². The zero-order valence-electron chi connectivity index (χ0n) is 19.7. The SMILES string of the molecule is CN(C)C1CCCN(c2ccc(CC(=O)CCN(C)S(=O)(=O)c3cccc(Cl)c3Cl)cc2)C1.Cl. The number of rotatable bonds is 9. The average molecular weight is 549 g/mol. The summed E-state index contributed by atoms with van der Waals surface area (Å²) >= 11 is 12.0. The molecule has 1 aliphatic rings. The van der Waals surface area contributed by atoms with Gasteiger partial charge in [-0.05, 0) is 56.8 Å². The van der Waals surface area contributed by atoms with E-state index in [4.69, 9.17) is 23.2 Å². The number of anilines is 1. The number of hydrogen-bond acceptors (Lipinski definition) is 5. The van der Waals surface area contributed by atoms with Gasteiger partial charge in [-0.25, -0.2) is 12.7 Å². The van der Waals surface area contributed by atoms with Crippen LogP contribution in [0.5, 0.6) is 0 Å². The van der Waals surface area contributed by atoms with Gasteiger partial charge in [0.2, 0.25) is 10.0 Å². The molecule has 34 heavy (non-hydrogen) atoms. The molecule has 1 aliphatic heterocycles. The van der Waals surface area contributed by atoms with Crippen LogP contribution in [-0.2, 0) is 21.2 Å². The van der Waals surface area contributed by atoms with Gasteiger partial charge in [-0.3, -0.25) is 4.79 Å². The first-order valence-electron chi connectivity index (χ1n) is 11.0. The standard InChI is InChI=1S/C24H31Cl2N3O3S.ClH/c1-27(2)20-6-5-14-29(17-20)19-11-9-18(10-12-19)16-21(30)13-15-28(3)33(31,32)23-8-4-7-22(25)24(23)26;/h4,7-12,20H,5-6,13-17H2,1-3H3;1H. The number of halogens is 3. The van der Waals surface area contributed by atoms with Gasteiger partial charge in [-0.15, -0.1) is 12.4 Å². The molecule has 0 spiro atoms. The summed E-state index contributed by atoms with van der Waals surface area (Å²) in [4.78, 5) is 17.1. The molecule has 2 aromatic carbocycles. The number of carbonyl (C=O) groups excluding carboxylic acids is 1. The van der Waals surface area contributed by atoms with Gasteiger partial charge < -0.3 is 9.80 Å². The van der Waals surface area contributed by atoms with Crippen LogP contribution in [0, 0.1) is 0 Å². The topological polar surface area (TPSA) is 60.9 Å². The molecule has 0 bridgehead atoms. The molecule has 0 aromatic heterocycles. The minimum Gasteiger partial charge on any atom is -0.370 e. The van der Waals surface area contributed by atoms with Crippen LogP contribution in [0.4, 0.5) is 5.69 Å². The number of nitrogens with zero attached hydrogens (tertiary/aromatic N) is 3.